The zero-order valence-corrected chi connectivity index (χ0v) is 14.4. The van der Waals surface area contributed by atoms with Gasteiger partial charge in [-0.15, -0.1) is 0 Å². The van der Waals surface area contributed by atoms with E-state index in [0.717, 1.165) is 42.7 Å². The number of carbonyl (C=O) groups excluding carboxylic acids is 1. The van der Waals surface area contributed by atoms with Crippen LogP contribution in [0.4, 0.5) is 0 Å². The van der Waals surface area contributed by atoms with Crippen molar-refractivity contribution in [1.29, 1.82) is 0 Å². The third kappa shape index (κ3) is 4.31. The van der Waals surface area contributed by atoms with Crippen LogP contribution in [0, 0.1) is 5.92 Å². The summed E-state index contributed by atoms with van der Waals surface area (Å²) in [7, 11) is 0. The summed E-state index contributed by atoms with van der Waals surface area (Å²) in [5, 5.41) is 2.87. The molecule has 1 saturated heterocycles. The Hall–Kier alpha value is -0.370. The minimum absolute atomic E-state index is 0.0529. The highest BCUT2D eigenvalue weighted by Gasteiger charge is 2.26. The van der Waals surface area contributed by atoms with Gasteiger partial charge in [0.15, 0.2) is 4.67 Å². The first-order valence-electron chi connectivity index (χ1n) is 6.74. The summed E-state index contributed by atoms with van der Waals surface area (Å²) in [5.41, 5.74) is 5.41. The monoisotopic (exact) mass is 407 g/mol. The molecule has 1 aliphatic heterocycles. The van der Waals surface area contributed by atoms with Gasteiger partial charge in [0.05, 0.1) is 16.9 Å². The van der Waals surface area contributed by atoms with Gasteiger partial charge in [0.2, 0.25) is 5.91 Å². The fourth-order valence-electron chi connectivity index (χ4n) is 2.44. The molecule has 0 bridgehead atoms. The fourth-order valence-corrected chi connectivity index (χ4v) is 3.10. The van der Waals surface area contributed by atoms with Crippen molar-refractivity contribution in [1.82, 2.24) is 10.2 Å². The molecule has 1 atom stereocenters. The number of hydrogen-bond acceptors (Lipinski definition) is 4. The highest BCUT2D eigenvalue weighted by Crippen LogP contribution is 2.28. The predicted molar refractivity (Wildman–Crippen MR) is 84.2 cm³/mol. The van der Waals surface area contributed by atoms with Crippen molar-refractivity contribution in [3.05, 3.63) is 21.0 Å². The van der Waals surface area contributed by atoms with Gasteiger partial charge >= 0.3 is 0 Å². The van der Waals surface area contributed by atoms with Crippen molar-refractivity contribution in [2.75, 3.05) is 26.2 Å². The molecule has 0 aromatic carbocycles. The number of furan rings is 1. The maximum atomic E-state index is 12.0. The zero-order chi connectivity index (χ0) is 14.5. The summed E-state index contributed by atoms with van der Waals surface area (Å²) >= 11 is 6.75. The van der Waals surface area contributed by atoms with E-state index in [9.17, 15) is 4.79 Å². The Morgan fingerprint density at radius 3 is 3.00 bits per heavy atom. The SMILES string of the molecule is NCCNC(=O)C1CCCN(Cc2cc(Br)c(Br)o2)C1. The Kier molecular flexibility index (Phi) is 6.07. The average Bonchev–Trinajstić information content (AvgIpc) is 2.75. The molecule has 112 valence electrons. The quantitative estimate of drug-likeness (QED) is 0.782. The highest BCUT2D eigenvalue weighted by molar-refractivity contribution is 9.13. The number of halogens is 2. The second-order valence-corrected chi connectivity index (χ2v) is 6.56. The Morgan fingerprint density at radius 1 is 1.55 bits per heavy atom. The van der Waals surface area contributed by atoms with Crippen LogP contribution >= 0.6 is 31.9 Å². The summed E-state index contributed by atoms with van der Waals surface area (Å²) in [5.74, 6) is 1.06. The van der Waals surface area contributed by atoms with Crippen molar-refractivity contribution < 1.29 is 9.21 Å². The van der Waals surface area contributed by atoms with Gasteiger partial charge in [-0.2, -0.15) is 0 Å². The molecule has 0 radical (unpaired) electrons. The van der Waals surface area contributed by atoms with E-state index in [0.29, 0.717) is 17.8 Å². The molecule has 1 aromatic heterocycles. The van der Waals surface area contributed by atoms with Crippen LogP contribution in [0.25, 0.3) is 0 Å². The molecular weight excluding hydrogens is 390 g/mol. The van der Waals surface area contributed by atoms with Crippen LogP contribution in [-0.2, 0) is 11.3 Å². The van der Waals surface area contributed by atoms with Crippen LogP contribution in [0.5, 0.6) is 0 Å². The van der Waals surface area contributed by atoms with E-state index in [-0.39, 0.29) is 11.8 Å². The van der Waals surface area contributed by atoms with E-state index in [1.54, 1.807) is 0 Å². The van der Waals surface area contributed by atoms with Gasteiger partial charge in [0, 0.05) is 19.6 Å². The molecule has 1 aromatic rings. The van der Waals surface area contributed by atoms with E-state index < -0.39 is 0 Å². The maximum Gasteiger partial charge on any atom is 0.224 e. The molecule has 2 rings (SSSR count). The Morgan fingerprint density at radius 2 is 2.35 bits per heavy atom. The molecule has 2 heterocycles. The summed E-state index contributed by atoms with van der Waals surface area (Å²) in [6.07, 6.45) is 1.97. The third-order valence-corrected chi connectivity index (χ3v) is 5.11. The number of amides is 1. The van der Waals surface area contributed by atoms with Crippen LogP contribution in [0.3, 0.4) is 0 Å². The van der Waals surface area contributed by atoms with Crippen molar-refractivity contribution in [2.24, 2.45) is 11.7 Å². The number of likely N-dealkylation sites (tertiary alicyclic amines) is 1. The molecule has 20 heavy (non-hydrogen) atoms. The first kappa shape index (κ1) is 16.0. The van der Waals surface area contributed by atoms with Crippen LogP contribution in [0.15, 0.2) is 19.6 Å². The van der Waals surface area contributed by atoms with Crippen LogP contribution in [0.2, 0.25) is 0 Å². The smallest absolute Gasteiger partial charge is 0.224 e. The molecule has 1 aliphatic rings. The van der Waals surface area contributed by atoms with Gasteiger partial charge in [-0.3, -0.25) is 9.69 Å². The van der Waals surface area contributed by atoms with Gasteiger partial charge in [0.1, 0.15) is 5.76 Å². The van der Waals surface area contributed by atoms with Crippen LogP contribution < -0.4 is 11.1 Å². The summed E-state index contributed by atoms with van der Waals surface area (Å²) in [4.78, 5) is 14.2. The van der Waals surface area contributed by atoms with Crippen LogP contribution in [0.1, 0.15) is 18.6 Å². The number of nitrogens with one attached hydrogen (secondary N) is 1. The van der Waals surface area contributed by atoms with E-state index in [4.69, 9.17) is 10.2 Å². The number of nitrogens with zero attached hydrogens (tertiary/aromatic N) is 1. The minimum Gasteiger partial charge on any atom is -0.452 e. The van der Waals surface area contributed by atoms with E-state index in [1.165, 1.54) is 0 Å². The van der Waals surface area contributed by atoms with Crippen LogP contribution in [-0.4, -0.2) is 37.0 Å². The van der Waals surface area contributed by atoms with Gasteiger partial charge < -0.3 is 15.5 Å². The molecule has 5 nitrogen and oxygen atoms in total. The number of hydrogen-bond donors (Lipinski definition) is 2. The maximum absolute atomic E-state index is 12.0. The third-order valence-electron chi connectivity index (χ3n) is 3.40. The first-order chi connectivity index (χ1) is 9.60. The normalized spacial score (nSPS) is 20.1. The second kappa shape index (κ2) is 7.59. The fraction of sp³-hybridized carbons (Fsp3) is 0.615. The average molecular weight is 409 g/mol. The van der Waals surface area contributed by atoms with E-state index in [2.05, 4.69) is 42.1 Å². The zero-order valence-electron chi connectivity index (χ0n) is 11.2. The lowest BCUT2D eigenvalue weighted by molar-refractivity contribution is -0.126. The van der Waals surface area contributed by atoms with Gasteiger partial charge in [0.25, 0.3) is 0 Å². The molecule has 3 N–H and O–H groups in total. The first-order valence-corrected chi connectivity index (χ1v) is 8.32. The Balaban J connectivity index is 1.88. The van der Waals surface area contributed by atoms with Gasteiger partial charge in [-0.05, 0) is 57.3 Å². The minimum atomic E-state index is 0.0529. The van der Waals surface area contributed by atoms with Crippen molar-refractivity contribution >= 4 is 37.8 Å². The topological polar surface area (TPSA) is 71.5 Å². The molecule has 1 unspecified atom stereocenters. The summed E-state index contributed by atoms with van der Waals surface area (Å²) in [6.45, 7) is 3.53. The molecule has 1 amide bonds. The van der Waals surface area contributed by atoms with Gasteiger partial charge in [-0.1, -0.05) is 0 Å². The Labute approximate surface area is 135 Å². The number of carbonyl (C=O) groups is 1. The highest BCUT2D eigenvalue weighted by atomic mass is 79.9. The lowest BCUT2D eigenvalue weighted by atomic mass is 9.97. The predicted octanol–water partition coefficient (Wildman–Crippen LogP) is 2.09. The number of piperidine rings is 1. The van der Waals surface area contributed by atoms with Crippen molar-refractivity contribution in [2.45, 2.75) is 19.4 Å². The van der Waals surface area contributed by atoms with E-state index in [1.807, 2.05) is 6.07 Å². The van der Waals surface area contributed by atoms with Gasteiger partial charge in [-0.25, -0.2) is 0 Å². The Bertz CT molecular complexity index is 445. The lowest BCUT2D eigenvalue weighted by Crippen LogP contribution is -2.43. The molecule has 0 spiro atoms. The standard InChI is InChI=1S/C13H19Br2N3O2/c14-11-6-10(20-12(11)15)8-18-5-1-2-9(7-18)13(19)17-4-3-16/h6,9H,1-5,7-8,16H2,(H,17,19). The largest absolute Gasteiger partial charge is 0.452 e. The molecule has 0 saturated carbocycles. The number of nitrogens with two attached hydrogens (primary N) is 1. The summed E-state index contributed by atoms with van der Waals surface area (Å²) in [6, 6.07) is 1.96. The lowest BCUT2D eigenvalue weighted by Gasteiger charge is -2.31. The van der Waals surface area contributed by atoms with E-state index >= 15 is 0 Å². The molecule has 0 aliphatic carbocycles. The summed E-state index contributed by atoms with van der Waals surface area (Å²) < 4.78 is 7.22. The number of rotatable bonds is 5. The van der Waals surface area contributed by atoms with Crippen molar-refractivity contribution in [3.8, 4) is 0 Å². The second-order valence-electron chi connectivity index (χ2n) is 4.99. The van der Waals surface area contributed by atoms with Crippen molar-refractivity contribution in [3.63, 3.8) is 0 Å². The molecule has 7 heteroatoms. The molecular formula is C13H19Br2N3O2. The molecule has 1 fully saturated rings.